The molecule has 1 unspecified atom stereocenters. The van der Waals surface area contributed by atoms with Gasteiger partial charge in [0.05, 0.1) is 6.04 Å². The van der Waals surface area contributed by atoms with E-state index in [2.05, 4.69) is 48.8 Å². The lowest BCUT2D eigenvalue weighted by molar-refractivity contribution is 0.143. The van der Waals surface area contributed by atoms with Crippen molar-refractivity contribution in [3.63, 3.8) is 0 Å². The van der Waals surface area contributed by atoms with Crippen molar-refractivity contribution in [2.45, 2.75) is 12.6 Å². The number of piperazine rings is 1. The molecule has 1 atom stereocenters. The predicted molar refractivity (Wildman–Crippen MR) is 102 cm³/mol. The monoisotopic (exact) mass is 428 g/mol. The second-order valence-electron chi connectivity index (χ2n) is 6.17. The molecule has 2 aliphatic rings. The number of rotatable bonds is 3. The van der Waals surface area contributed by atoms with E-state index in [9.17, 15) is 0 Å². The first kappa shape index (κ1) is 18.5. The number of hydrogen-bond donors (Lipinski definition) is 1. The zero-order valence-electron chi connectivity index (χ0n) is 14.1. The Balaban J connectivity index is 0.00000182. The van der Waals surface area contributed by atoms with E-state index >= 15 is 0 Å². The molecule has 1 fully saturated rings. The van der Waals surface area contributed by atoms with E-state index in [4.69, 9.17) is 9.47 Å². The summed E-state index contributed by atoms with van der Waals surface area (Å²) in [6, 6.07) is 4.37. The normalized spacial score (nSPS) is 20.2. The maximum atomic E-state index is 5.73. The maximum Gasteiger partial charge on any atom is 0.162 e. The van der Waals surface area contributed by atoms with Gasteiger partial charge in [-0.15, -0.1) is 12.4 Å². The number of ether oxygens (including phenoxy) is 2. The van der Waals surface area contributed by atoms with E-state index in [1.165, 1.54) is 5.56 Å². The van der Waals surface area contributed by atoms with Gasteiger partial charge in [-0.05, 0) is 17.7 Å². The molecule has 0 saturated carbocycles. The lowest BCUT2D eigenvalue weighted by Gasteiger charge is -2.36. The standard InChI is InChI=1S/C17H21BrN4O2.ClH/c1-21-4-3-20-17(21)14-10-19-2-5-22(14)11-12-8-15-16(9-13(12)18)24-7-6-23-15;/h3-4,8-9,14,19H,2,5-7,10-11H2,1H3;1H. The van der Waals surface area contributed by atoms with Gasteiger partial charge in [0, 0.05) is 50.1 Å². The van der Waals surface area contributed by atoms with Gasteiger partial charge in [0.2, 0.25) is 0 Å². The first-order valence-electron chi connectivity index (χ1n) is 8.22. The minimum absolute atomic E-state index is 0. The van der Waals surface area contributed by atoms with Gasteiger partial charge < -0.3 is 19.4 Å². The molecule has 2 aromatic rings. The highest BCUT2D eigenvalue weighted by molar-refractivity contribution is 9.10. The number of imidazole rings is 1. The van der Waals surface area contributed by atoms with Crippen LogP contribution in [0.2, 0.25) is 0 Å². The Kier molecular flexibility index (Phi) is 5.89. The molecular weight excluding hydrogens is 408 g/mol. The first-order chi connectivity index (χ1) is 11.7. The fraction of sp³-hybridized carbons (Fsp3) is 0.471. The third-order valence-electron chi connectivity index (χ3n) is 4.60. The van der Waals surface area contributed by atoms with Crippen molar-refractivity contribution in [1.29, 1.82) is 0 Å². The van der Waals surface area contributed by atoms with Crippen molar-refractivity contribution in [1.82, 2.24) is 19.8 Å². The predicted octanol–water partition coefficient (Wildman–Crippen LogP) is 2.52. The molecule has 25 heavy (non-hydrogen) atoms. The summed E-state index contributed by atoms with van der Waals surface area (Å²) in [6.45, 7) is 4.94. The molecule has 0 bridgehead atoms. The van der Waals surface area contributed by atoms with Gasteiger partial charge in [0.25, 0.3) is 0 Å². The van der Waals surface area contributed by atoms with Crippen LogP contribution in [0.3, 0.4) is 0 Å². The third-order valence-corrected chi connectivity index (χ3v) is 5.33. The molecule has 0 radical (unpaired) electrons. The Labute approximate surface area is 162 Å². The minimum atomic E-state index is 0. The molecule has 1 saturated heterocycles. The highest BCUT2D eigenvalue weighted by Crippen LogP contribution is 2.36. The van der Waals surface area contributed by atoms with E-state index in [-0.39, 0.29) is 18.4 Å². The second-order valence-corrected chi connectivity index (χ2v) is 7.03. The van der Waals surface area contributed by atoms with E-state index in [0.29, 0.717) is 13.2 Å². The number of benzene rings is 1. The molecule has 0 aliphatic carbocycles. The Hall–Kier alpha value is -1.28. The van der Waals surface area contributed by atoms with Crippen LogP contribution >= 0.6 is 28.3 Å². The summed E-state index contributed by atoms with van der Waals surface area (Å²) >= 11 is 3.69. The largest absolute Gasteiger partial charge is 0.486 e. The Morgan fingerprint density at radius 1 is 1.28 bits per heavy atom. The zero-order valence-corrected chi connectivity index (χ0v) is 16.5. The van der Waals surface area contributed by atoms with Crippen molar-refractivity contribution in [3.05, 3.63) is 40.4 Å². The summed E-state index contributed by atoms with van der Waals surface area (Å²) < 4.78 is 14.5. The van der Waals surface area contributed by atoms with Crippen molar-refractivity contribution in [3.8, 4) is 11.5 Å². The smallest absolute Gasteiger partial charge is 0.162 e. The van der Waals surface area contributed by atoms with Gasteiger partial charge in [0.1, 0.15) is 19.0 Å². The summed E-state index contributed by atoms with van der Waals surface area (Å²) in [5, 5.41) is 3.48. The highest BCUT2D eigenvalue weighted by atomic mass is 79.9. The minimum Gasteiger partial charge on any atom is -0.486 e. The number of halogens is 2. The van der Waals surface area contributed by atoms with Gasteiger partial charge >= 0.3 is 0 Å². The summed E-state index contributed by atoms with van der Waals surface area (Å²) in [5.74, 6) is 2.75. The van der Waals surface area contributed by atoms with Crippen LogP contribution < -0.4 is 14.8 Å². The number of aromatic nitrogens is 2. The van der Waals surface area contributed by atoms with Crippen LogP contribution in [0.25, 0.3) is 0 Å². The molecule has 4 rings (SSSR count). The molecule has 6 nitrogen and oxygen atoms in total. The van der Waals surface area contributed by atoms with Crippen LogP contribution in [0, 0.1) is 0 Å². The van der Waals surface area contributed by atoms with Crippen LogP contribution in [0.4, 0.5) is 0 Å². The molecule has 0 spiro atoms. The van der Waals surface area contributed by atoms with Gasteiger partial charge in [0.15, 0.2) is 11.5 Å². The van der Waals surface area contributed by atoms with Gasteiger partial charge in [-0.1, -0.05) is 15.9 Å². The topological polar surface area (TPSA) is 51.6 Å². The van der Waals surface area contributed by atoms with Crippen LogP contribution in [-0.4, -0.2) is 47.3 Å². The van der Waals surface area contributed by atoms with Gasteiger partial charge in [-0.2, -0.15) is 0 Å². The van der Waals surface area contributed by atoms with Gasteiger partial charge in [-0.25, -0.2) is 4.98 Å². The molecule has 1 aromatic heterocycles. The summed E-state index contributed by atoms with van der Waals surface area (Å²) in [6.07, 6.45) is 3.87. The number of nitrogens with one attached hydrogen (secondary N) is 1. The van der Waals surface area contributed by atoms with Crippen molar-refractivity contribution >= 4 is 28.3 Å². The van der Waals surface area contributed by atoms with E-state index in [1.54, 1.807) is 0 Å². The van der Waals surface area contributed by atoms with Crippen LogP contribution in [0.1, 0.15) is 17.4 Å². The van der Waals surface area contributed by atoms with Gasteiger partial charge in [-0.3, -0.25) is 4.90 Å². The van der Waals surface area contributed by atoms with E-state index in [1.807, 2.05) is 18.5 Å². The van der Waals surface area contributed by atoms with E-state index < -0.39 is 0 Å². The Morgan fingerprint density at radius 3 is 2.76 bits per heavy atom. The molecule has 0 amide bonds. The van der Waals surface area contributed by atoms with Crippen molar-refractivity contribution in [2.75, 3.05) is 32.8 Å². The Bertz CT molecular complexity index is 739. The van der Waals surface area contributed by atoms with E-state index in [0.717, 1.165) is 48.0 Å². The second kappa shape index (κ2) is 7.95. The molecular formula is C17H22BrClN4O2. The average molecular weight is 430 g/mol. The highest BCUT2D eigenvalue weighted by Gasteiger charge is 2.27. The molecule has 8 heteroatoms. The fourth-order valence-electron chi connectivity index (χ4n) is 3.33. The third kappa shape index (κ3) is 3.79. The molecule has 3 heterocycles. The summed E-state index contributed by atoms with van der Waals surface area (Å²) in [5.41, 5.74) is 1.21. The van der Waals surface area contributed by atoms with Crippen LogP contribution in [-0.2, 0) is 13.6 Å². The SMILES string of the molecule is Cl.Cn1ccnc1C1CNCCN1Cc1cc2c(cc1Br)OCCO2. The summed E-state index contributed by atoms with van der Waals surface area (Å²) in [7, 11) is 2.05. The van der Waals surface area contributed by atoms with Crippen LogP contribution in [0.5, 0.6) is 11.5 Å². The zero-order chi connectivity index (χ0) is 16.5. The molecule has 1 aromatic carbocycles. The fourth-order valence-corrected chi connectivity index (χ4v) is 3.78. The maximum absolute atomic E-state index is 5.73. The number of hydrogen-bond acceptors (Lipinski definition) is 5. The summed E-state index contributed by atoms with van der Waals surface area (Å²) in [4.78, 5) is 7.02. The molecule has 1 N–H and O–H groups in total. The molecule has 136 valence electrons. The van der Waals surface area contributed by atoms with Crippen molar-refractivity contribution in [2.24, 2.45) is 7.05 Å². The van der Waals surface area contributed by atoms with Crippen molar-refractivity contribution < 1.29 is 9.47 Å². The molecule has 2 aliphatic heterocycles. The number of fused-ring (bicyclic) bond motifs is 1. The lowest BCUT2D eigenvalue weighted by atomic mass is 10.1. The lowest BCUT2D eigenvalue weighted by Crippen LogP contribution is -2.46. The number of nitrogens with zero attached hydrogens (tertiary/aromatic N) is 3. The average Bonchev–Trinajstić information content (AvgIpc) is 3.02. The quantitative estimate of drug-likeness (QED) is 0.812. The number of aryl methyl sites for hydroxylation is 1. The Morgan fingerprint density at radius 2 is 2.04 bits per heavy atom. The van der Waals surface area contributed by atoms with Crippen LogP contribution in [0.15, 0.2) is 29.0 Å². The first-order valence-corrected chi connectivity index (χ1v) is 9.01.